The van der Waals surface area contributed by atoms with Crippen LogP contribution in [0.1, 0.15) is 41.2 Å². The summed E-state index contributed by atoms with van der Waals surface area (Å²) in [7, 11) is 0. The lowest BCUT2D eigenvalue weighted by Crippen LogP contribution is -2.34. The van der Waals surface area contributed by atoms with Crippen LogP contribution in [0, 0.1) is 11.8 Å². The Morgan fingerprint density at radius 3 is 2.44 bits per heavy atom. The van der Waals surface area contributed by atoms with E-state index in [0.29, 0.717) is 23.8 Å². The van der Waals surface area contributed by atoms with Gasteiger partial charge in [-0.3, -0.25) is 9.59 Å². The van der Waals surface area contributed by atoms with E-state index in [1.54, 1.807) is 4.90 Å². The summed E-state index contributed by atoms with van der Waals surface area (Å²) in [6.45, 7) is 5.46. The first-order valence-corrected chi connectivity index (χ1v) is 11.8. The highest BCUT2D eigenvalue weighted by atomic mass is 16.2. The fourth-order valence-corrected chi connectivity index (χ4v) is 5.54. The number of benzene rings is 2. The van der Waals surface area contributed by atoms with Gasteiger partial charge in [-0.1, -0.05) is 36.4 Å². The third-order valence-corrected chi connectivity index (χ3v) is 7.31. The van der Waals surface area contributed by atoms with Crippen molar-refractivity contribution in [3.8, 4) is 0 Å². The number of fused-ring (bicyclic) bond motifs is 1. The summed E-state index contributed by atoms with van der Waals surface area (Å²) in [6.07, 6.45) is 2.44. The molecule has 3 aliphatic heterocycles. The average molecular weight is 433 g/mol. The maximum atomic E-state index is 13.2. The molecule has 3 atom stereocenters. The molecular formula is C26H32N4O2. The van der Waals surface area contributed by atoms with E-state index in [1.165, 1.54) is 5.56 Å². The van der Waals surface area contributed by atoms with Crippen molar-refractivity contribution in [2.45, 2.75) is 25.3 Å². The lowest BCUT2D eigenvalue weighted by atomic mass is 10.0. The summed E-state index contributed by atoms with van der Waals surface area (Å²) < 4.78 is 0. The van der Waals surface area contributed by atoms with Crippen LogP contribution in [0.2, 0.25) is 0 Å². The van der Waals surface area contributed by atoms with Crippen molar-refractivity contribution in [3.05, 3.63) is 65.7 Å². The molecule has 32 heavy (non-hydrogen) atoms. The molecule has 2 aromatic carbocycles. The third kappa shape index (κ3) is 4.30. The van der Waals surface area contributed by atoms with Crippen LogP contribution >= 0.6 is 0 Å². The van der Waals surface area contributed by atoms with Gasteiger partial charge in [-0.15, -0.1) is 0 Å². The molecule has 3 fully saturated rings. The second-order valence-corrected chi connectivity index (χ2v) is 9.49. The van der Waals surface area contributed by atoms with Crippen LogP contribution in [-0.2, 0) is 4.79 Å². The molecular weight excluding hydrogens is 400 g/mol. The summed E-state index contributed by atoms with van der Waals surface area (Å²) >= 11 is 0. The molecule has 3 aliphatic rings. The predicted molar refractivity (Wildman–Crippen MR) is 125 cm³/mol. The number of hydrogen-bond acceptors (Lipinski definition) is 4. The molecule has 6 heteroatoms. The minimum Gasteiger partial charge on any atom is -0.338 e. The highest BCUT2D eigenvalue weighted by Crippen LogP contribution is 2.33. The Hall–Kier alpha value is -2.70. The van der Waals surface area contributed by atoms with E-state index in [1.807, 2.05) is 47.4 Å². The first kappa shape index (κ1) is 21.2. The van der Waals surface area contributed by atoms with Gasteiger partial charge in [-0.05, 0) is 55.0 Å². The third-order valence-electron chi connectivity index (χ3n) is 7.31. The number of carbonyl (C=O) groups is 2. The SMILES string of the molecule is N[C@@H](CCN1CC2CN(C(=O)c3cccc(N4CCCC4=O)c3)CC2C1)c1ccccc1. The lowest BCUT2D eigenvalue weighted by molar-refractivity contribution is -0.117. The molecule has 3 saturated heterocycles. The first-order valence-electron chi connectivity index (χ1n) is 11.8. The van der Waals surface area contributed by atoms with Crippen molar-refractivity contribution in [1.29, 1.82) is 0 Å². The predicted octanol–water partition coefficient (Wildman–Crippen LogP) is 2.91. The minimum absolute atomic E-state index is 0.0736. The minimum atomic E-state index is 0.0736. The average Bonchev–Trinajstić information content (AvgIpc) is 3.52. The molecule has 2 amide bonds. The molecule has 5 rings (SSSR count). The molecule has 0 aliphatic carbocycles. The molecule has 2 aromatic rings. The first-order chi connectivity index (χ1) is 15.6. The number of rotatable bonds is 6. The molecule has 2 unspecified atom stereocenters. The van der Waals surface area contributed by atoms with Gasteiger partial charge in [0, 0.05) is 56.4 Å². The second kappa shape index (κ2) is 9.04. The Bertz CT molecular complexity index is 965. The summed E-state index contributed by atoms with van der Waals surface area (Å²) in [5, 5.41) is 0. The van der Waals surface area contributed by atoms with Crippen molar-refractivity contribution in [2.75, 3.05) is 44.2 Å². The maximum Gasteiger partial charge on any atom is 0.253 e. The van der Waals surface area contributed by atoms with Crippen LogP contribution in [-0.4, -0.2) is 60.9 Å². The van der Waals surface area contributed by atoms with Crippen LogP contribution in [0.25, 0.3) is 0 Å². The smallest absolute Gasteiger partial charge is 0.253 e. The van der Waals surface area contributed by atoms with Crippen molar-refractivity contribution >= 4 is 17.5 Å². The van der Waals surface area contributed by atoms with Gasteiger partial charge in [0.15, 0.2) is 0 Å². The molecule has 0 saturated carbocycles. The van der Waals surface area contributed by atoms with E-state index >= 15 is 0 Å². The summed E-state index contributed by atoms with van der Waals surface area (Å²) in [5.41, 5.74) is 9.11. The highest BCUT2D eigenvalue weighted by Gasteiger charge is 2.41. The number of anilines is 1. The van der Waals surface area contributed by atoms with E-state index in [9.17, 15) is 9.59 Å². The van der Waals surface area contributed by atoms with Gasteiger partial charge in [-0.25, -0.2) is 0 Å². The highest BCUT2D eigenvalue weighted by molar-refractivity contribution is 5.99. The quantitative estimate of drug-likeness (QED) is 0.762. The standard InChI is InChI=1S/C26H32N4O2/c27-24(19-6-2-1-3-7-19)11-13-28-15-21-17-29(18-22(21)16-28)26(32)20-8-4-9-23(14-20)30-12-5-10-25(30)31/h1-4,6-9,14,21-22,24H,5,10-13,15-18,27H2/t21?,22?,24-/m0/s1. The molecule has 0 radical (unpaired) electrons. The maximum absolute atomic E-state index is 13.2. The zero-order chi connectivity index (χ0) is 22.1. The largest absolute Gasteiger partial charge is 0.338 e. The number of nitrogens with zero attached hydrogens (tertiary/aromatic N) is 3. The van der Waals surface area contributed by atoms with Crippen molar-refractivity contribution in [2.24, 2.45) is 17.6 Å². The van der Waals surface area contributed by atoms with Crippen molar-refractivity contribution < 1.29 is 9.59 Å². The van der Waals surface area contributed by atoms with Crippen LogP contribution < -0.4 is 10.6 Å². The van der Waals surface area contributed by atoms with Gasteiger partial charge in [0.05, 0.1) is 0 Å². The van der Waals surface area contributed by atoms with Crippen LogP contribution in [0.5, 0.6) is 0 Å². The van der Waals surface area contributed by atoms with E-state index in [-0.39, 0.29) is 17.9 Å². The van der Waals surface area contributed by atoms with Gasteiger partial charge in [0.25, 0.3) is 5.91 Å². The van der Waals surface area contributed by atoms with E-state index < -0.39 is 0 Å². The number of nitrogens with two attached hydrogens (primary N) is 1. The summed E-state index contributed by atoms with van der Waals surface area (Å²) in [6, 6.07) is 18.0. The van der Waals surface area contributed by atoms with Gasteiger partial charge in [0.1, 0.15) is 0 Å². The Kier molecular flexibility index (Phi) is 5.98. The lowest BCUT2D eigenvalue weighted by Gasteiger charge is -2.23. The molecule has 0 bridgehead atoms. The number of carbonyl (C=O) groups excluding carboxylic acids is 2. The van der Waals surface area contributed by atoms with Crippen LogP contribution in [0.15, 0.2) is 54.6 Å². The zero-order valence-corrected chi connectivity index (χ0v) is 18.5. The van der Waals surface area contributed by atoms with Crippen LogP contribution in [0.3, 0.4) is 0 Å². The van der Waals surface area contributed by atoms with Gasteiger partial charge in [0.2, 0.25) is 5.91 Å². The van der Waals surface area contributed by atoms with E-state index in [4.69, 9.17) is 5.73 Å². The number of hydrogen-bond donors (Lipinski definition) is 1. The molecule has 3 heterocycles. The number of amides is 2. The Labute approximate surface area is 190 Å². The van der Waals surface area contributed by atoms with E-state index in [2.05, 4.69) is 17.0 Å². The summed E-state index contributed by atoms with van der Waals surface area (Å²) in [4.78, 5) is 31.6. The fraction of sp³-hybridized carbons (Fsp3) is 0.462. The van der Waals surface area contributed by atoms with Crippen LogP contribution in [0.4, 0.5) is 5.69 Å². The van der Waals surface area contributed by atoms with Crippen molar-refractivity contribution in [1.82, 2.24) is 9.80 Å². The topological polar surface area (TPSA) is 69.9 Å². The van der Waals surface area contributed by atoms with Gasteiger partial charge >= 0.3 is 0 Å². The van der Waals surface area contributed by atoms with Crippen molar-refractivity contribution in [3.63, 3.8) is 0 Å². The Morgan fingerprint density at radius 1 is 1.00 bits per heavy atom. The molecule has 0 spiro atoms. The normalized spacial score (nSPS) is 24.2. The monoisotopic (exact) mass is 432 g/mol. The fourth-order valence-electron chi connectivity index (χ4n) is 5.54. The molecule has 0 aromatic heterocycles. The molecule has 2 N–H and O–H groups in total. The zero-order valence-electron chi connectivity index (χ0n) is 18.5. The van der Waals surface area contributed by atoms with Gasteiger partial charge in [-0.2, -0.15) is 0 Å². The number of likely N-dealkylation sites (tertiary alicyclic amines) is 2. The Morgan fingerprint density at radius 2 is 1.75 bits per heavy atom. The second-order valence-electron chi connectivity index (χ2n) is 9.49. The summed E-state index contributed by atoms with van der Waals surface area (Å²) in [5.74, 6) is 1.31. The van der Waals surface area contributed by atoms with Gasteiger partial charge < -0.3 is 20.4 Å². The van der Waals surface area contributed by atoms with E-state index in [0.717, 1.165) is 57.8 Å². The molecule has 6 nitrogen and oxygen atoms in total. The Balaban J connectivity index is 1.14. The molecule has 168 valence electrons.